The van der Waals surface area contributed by atoms with Crippen molar-refractivity contribution in [3.05, 3.63) is 35.9 Å². The van der Waals surface area contributed by atoms with Gasteiger partial charge in [-0.1, -0.05) is 24.3 Å². The van der Waals surface area contributed by atoms with E-state index in [0.29, 0.717) is 0 Å². The second-order valence-corrected chi connectivity index (χ2v) is 4.81. The van der Waals surface area contributed by atoms with Gasteiger partial charge in [0.05, 0.1) is 11.4 Å². The molecule has 0 aromatic heterocycles. The summed E-state index contributed by atoms with van der Waals surface area (Å²) in [5.41, 5.74) is 4.72. The molecule has 1 heterocycles. The zero-order valence-electron chi connectivity index (χ0n) is 8.29. The van der Waals surface area contributed by atoms with Gasteiger partial charge < -0.3 is 0 Å². The summed E-state index contributed by atoms with van der Waals surface area (Å²) in [6.45, 7) is 0. The molecule has 2 N–H and O–H groups in total. The molecule has 84 valence electrons. The molecule has 0 fully saturated rings. The molecule has 6 heteroatoms. The number of benzene rings is 1. The smallest absolute Gasteiger partial charge is 0.270 e. The molecule has 0 aliphatic carbocycles. The van der Waals surface area contributed by atoms with Crippen LogP contribution in [0.1, 0.15) is 5.56 Å². The van der Waals surface area contributed by atoms with E-state index in [9.17, 15) is 8.42 Å². The topological polar surface area (TPSA) is 78.8 Å². The molecule has 0 amide bonds. The van der Waals surface area contributed by atoms with Gasteiger partial charge >= 0.3 is 0 Å². The molecule has 1 aliphatic rings. The molecule has 1 aliphatic heterocycles. The van der Waals surface area contributed by atoms with Crippen molar-refractivity contribution in [2.75, 3.05) is 11.2 Å². The fourth-order valence-electron chi connectivity index (χ4n) is 1.37. The second-order valence-electron chi connectivity index (χ2n) is 3.36. The normalized spacial score (nSPS) is 14.7. The van der Waals surface area contributed by atoms with Crippen molar-refractivity contribution in [3.63, 3.8) is 0 Å². The Kier molecular flexibility index (Phi) is 2.76. The van der Waals surface area contributed by atoms with E-state index in [1.165, 1.54) is 0 Å². The van der Waals surface area contributed by atoms with Crippen LogP contribution in [0.5, 0.6) is 0 Å². The van der Waals surface area contributed by atoms with Crippen LogP contribution in [0.3, 0.4) is 0 Å². The first-order chi connectivity index (χ1) is 7.54. The summed E-state index contributed by atoms with van der Waals surface area (Å²) in [5, 5.41) is 3.89. The van der Waals surface area contributed by atoms with E-state index in [4.69, 9.17) is 4.55 Å². The predicted octanol–water partition coefficient (Wildman–Crippen LogP) is 1.37. The largest absolute Gasteiger partial charge is 0.285 e. The maximum absolute atomic E-state index is 10.7. The lowest BCUT2D eigenvalue weighted by Crippen LogP contribution is -2.13. The number of para-hydroxylation sites is 1. The van der Waals surface area contributed by atoms with Crippen LogP contribution >= 0.6 is 0 Å². The fraction of sp³-hybridized carbons (Fsp3) is 0.100. The number of rotatable bonds is 2. The van der Waals surface area contributed by atoms with Gasteiger partial charge in [-0.05, 0) is 17.7 Å². The van der Waals surface area contributed by atoms with Crippen LogP contribution in [-0.2, 0) is 10.1 Å². The average Bonchev–Trinajstić information content (AvgIpc) is 2.39. The van der Waals surface area contributed by atoms with Gasteiger partial charge in [-0.3, -0.25) is 9.98 Å². The SMILES string of the molecule is O=S(=O)(O)CC1=NNc2ccccc2C=C1. The van der Waals surface area contributed by atoms with Crippen molar-refractivity contribution in [2.45, 2.75) is 0 Å². The maximum atomic E-state index is 10.7. The molecule has 5 nitrogen and oxygen atoms in total. The van der Waals surface area contributed by atoms with E-state index in [-0.39, 0.29) is 5.71 Å². The second kappa shape index (κ2) is 4.07. The number of hydrogen-bond acceptors (Lipinski definition) is 4. The molecular weight excluding hydrogens is 228 g/mol. The molecule has 0 saturated heterocycles. The van der Waals surface area contributed by atoms with E-state index in [0.717, 1.165) is 11.3 Å². The first-order valence-electron chi connectivity index (χ1n) is 4.59. The third-order valence-electron chi connectivity index (χ3n) is 2.07. The van der Waals surface area contributed by atoms with Gasteiger partial charge in [0, 0.05) is 0 Å². The number of fused-ring (bicyclic) bond motifs is 1. The monoisotopic (exact) mass is 238 g/mol. The zero-order chi connectivity index (χ0) is 11.6. The lowest BCUT2D eigenvalue weighted by Gasteiger charge is -2.02. The molecule has 1 aromatic carbocycles. The number of nitrogens with one attached hydrogen (secondary N) is 1. The third kappa shape index (κ3) is 2.68. The van der Waals surface area contributed by atoms with Gasteiger partial charge in [-0.25, -0.2) is 0 Å². The van der Waals surface area contributed by atoms with Crippen molar-refractivity contribution >= 4 is 27.6 Å². The number of anilines is 1. The number of nitrogens with zero attached hydrogens (tertiary/aromatic N) is 1. The molecule has 0 bridgehead atoms. The van der Waals surface area contributed by atoms with Crippen LogP contribution in [0.15, 0.2) is 35.4 Å². The van der Waals surface area contributed by atoms with E-state index in [1.54, 1.807) is 12.2 Å². The zero-order valence-corrected chi connectivity index (χ0v) is 9.11. The highest BCUT2D eigenvalue weighted by Crippen LogP contribution is 2.18. The fourth-order valence-corrected chi connectivity index (χ4v) is 1.90. The molecule has 1 aromatic rings. The summed E-state index contributed by atoms with van der Waals surface area (Å²) >= 11 is 0. The highest BCUT2D eigenvalue weighted by Gasteiger charge is 2.11. The van der Waals surface area contributed by atoms with Crippen LogP contribution < -0.4 is 5.43 Å². The summed E-state index contributed by atoms with van der Waals surface area (Å²) in [6.07, 6.45) is 3.31. The van der Waals surface area contributed by atoms with Crippen molar-refractivity contribution < 1.29 is 13.0 Å². The Morgan fingerprint density at radius 1 is 1.25 bits per heavy atom. The van der Waals surface area contributed by atoms with Gasteiger partial charge in [0.25, 0.3) is 10.1 Å². The minimum atomic E-state index is -4.05. The van der Waals surface area contributed by atoms with Gasteiger partial charge in [0.1, 0.15) is 5.75 Å². The Morgan fingerprint density at radius 3 is 2.75 bits per heavy atom. The molecule has 0 unspecified atom stereocenters. The van der Waals surface area contributed by atoms with Gasteiger partial charge in [0.2, 0.25) is 0 Å². The summed E-state index contributed by atoms with van der Waals surface area (Å²) in [6, 6.07) is 7.44. The molecule has 0 atom stereocenters. The lowest BCUT2D eigenvalue weighted by molar-refractivity contribution is 0.488. The number of hydrazone groups is 1. The Hall–Kier alpha value is -1.66. The maximum Gasteiger partial charge on any atom is 0.270 e. The van der Waals surface area contributed by atoms with Crippen molar-refractivity contribution in [2.24, 2.45) is 5.10 Å². The predicted molar refractivity (Wildman–Crippen MR) is 62.9 cm³/mol. The summed E-state index contributed by atoms with van der Waals surface area (Å²) in [5.74, 6) is -0.496. The Labute approximate surface area is 93.2 Å². The summed E-state index contributed by atoms with van der Waals surface area (Å²) in [4.78, 5) is 0. The minimum Gasteiger partial charge on any atom is -0.285 e. The highest BCUT2D eigenvalue weighted by atomic mass is 32.2. The molecular formula is C10H10N2O3S. The minimum absolute atomic E-state index is 0.263. The number of hydrogen-bond donors (Lipinski definition) is 2. The molecule has 0 saturated carbocycles. The van der Waals surface area contributed by atoms with Crippen LogP contribution in [0.4, 0.5) is 5.69 Å². The van der Waals surface area contributed by atoms with E-state index in [1.807, 2.05) is 24.3 Å². The first kappa shape index (κ1) is 10.8. The van der Waals surface area contributed by atoms with Crippen LogP contribution in [0.2, 0.25) is 0 Å². The molecule has 16 heavy (non-hydrogen) atoms. The molecule has 0 spiro atoms. The standard InChI is InChI=1S/C10H10N2O3S/c13-16(14,15)7-9-6-5-8-3-1-2-4-10(8)12-11-9/h1-6,12H,7H2,(H,13,14,15). The molecule has 0 radical (unpaired) electrons. The van der Waals surface area contributed by atoms with Crippen LogP contribution in [0.25, 0.3) is 6.08 Å². The first-order valence-corrected chi connectivity index (χ1v) is 6.20. The van der Waals surface area contributed by atoms with Crippen molar-refractivity contribution in [1.82, 2.24) is 0 Å². The van der Waals surface area contributed by atoms with Gasteiger partial charge in [-0.2, -0.15) is 13.5 Å². The lowest BCUT2D eigenvalue weighted by atomic mass is 10.1. The highest BCUT2D eigenvalue weighted by molar-refractivity contribution is 7.86. The van der Waals surface area contributed by atoms with Gasteiger partial charge in [0.15, 0.2) is 0 Å². The Balaban J connectivity index is 2.28. The van der Waals surface area contributed by atoms with E-state index < -0.39 is 15.9 Å². The van der Waals surface area contributed by atoms with Crippen molar-refractivity contribution in [3.8, 4) is 0 Å². The Bertz CT molecular complexity index is 561. The summed E-state index contributed by atoms with van der Waals surface area (Å²) in [7, 11) is -4.05. The van der Waals surface area contributed by atoms with E-state index in [2.05, 4.69) is 10.5 Å². The number of allylic oxidation sites excluding steroid dienone is 1. The van der Waals surface area contributed by atoms with Crippen molar-refractivity contribution in [1.29, 1.82) is 0 Å². The average molecular weight is 238 g/mol. The quantitative estimate of drug-likeness (QED) is 0.763. The summed E-state index contributed by atoms with van der Waals surface area (Å²) < 4.78 is 30.1. The van der Waals surface area contributed by atoms with Crippen LogP contribution in [-0.4, -0.2) is 24.4 Å². The van der Waals surface area contributed by atoms with Gasteiger partial charge in [-0.15, -0.1) is 0 Å². The third-order valence-corrected chi connectivity index (χ3v) is 2.73. The van der Waals surface area contributed by atoms with Crippen LogP contribution in [0, 0.1) is 0 Å². The molecule has 2 rings (SSSR count). The Morgan fingerprint density at radius 2 is 2.00 bits per heavy atom. The van der Waals surface area contributed by atoms with E-state index >= 15 is 0 Å².